The Hall–Kier alpha value is -2.93. The molecule has 1 aliphatic rings. The van der Waals surface area contributed by atoms with Crippen LogP contribution in [0.5, 0.6) is 0 Å². The van der Waals surface area contributed by atoms with Gasteiger partial charge in [0.05, 0.1) is 18.0 Å². The lowest BCUT2D eigenvalue weighted by atomic mass is 10.0. The number of hydrogen-bond acceptors (Lipinski definition) is 5. The van der Waals surface area contributed by atoms with Gasteiger partial charge >= 0.3 is 0 Å². The number of anilines is 1. The number of ketones is 1. The van der Waals surface area contributed by atoms with Gasteiger partial charge in [-0.25, -0.2) is 9.37 Å². The molecule has 4 rings (SSSR count). The molecule has 0 fully saturated rings. The molecule has 0 atom stereocenters. The molecule has 0 spiro atoms. The lowest BCUT2D eigenvalue weighted by Gasteiger charge is -2.31. The average Bonchev–Trinajstić information content (AvgIpc) is 2.72. The molecule has 0 unspecified atom stereocenters. The van der Waals surface area contributed by atoms with Crippen LogP contribution < -0.4 is 10.5 Å². The third-order valence-corrected chi connectivity index (χ3v) is 5.71. The zero-order valence-corrected chi connectivity index (χ0v) is 16.5. The highest BCUT2D eigenvalue weighted by Crippen LogP contribution is 2.27. The maximum Gasteiger partial charge on any atom is 0.251 e. The Kier molecular flexibility index (Phi) is 5.76. The maximum atomic E-state index is 13.0. The fourth-order valence-electron chi connectivity index (χ4n) is 3.46. The first-order valence-electron chi connectivity index (χ1n) is 9.43. The van der Waals surface area contributed by atoms with Crippen molar-refractivity contribution in [2.75, 3.05) is 17.2 Å². The first kappa shape index (κ1) is 19.4. The monoisotopic (exact) mass is 409 g/mol. The Morgan fingerprint density at radius 1 is 1.17 bits per heavy atom. The van der Waals surface area contributed by atoms with Gasteiger partial charge in [-0.1, -0.05) is 30.0 Å². The number of rotatable bonds is 6. The van der Waals surface area contributed by atoms with Crippen LogP contribution >= 0.6 is 11.8 Å². The molecule has 0 radical (unpaired) electrons. The number of benzene rings is 2. The van der Waals surface area contributed by atoms with Crippen LogP contribution in [0.4, 0.5) is 10.1 Å². The molecule has 7 heteroatoms. The van der Waals surface area contributed by atoms with Gasteiger partial charge in [0.15, 0.2) is 10.9 Å². The highest BCUT2D eigenvalue weighted by atomic mass is 32.2. The van der Waals surface area contributed by atoms with Crippen LogP contribution in [-0.2, 0) is 13.0 Å². The maximum absolute atomic E-state index is 13.0. The third kappa shape index (κ3) is 4.74. The van der Waals surface area contributed by atoms with Gasteiger partial charge in [-0.05, 0) is 48.7 Å². The Bertz CT molecular complexity index is 1080. The number of para-hydroxylation sites is 1. The summed E-state index contributed by atoms with van der Waals surface area (Å²) in [7, 11) is 0. The smallest absolute Gasteiger partial charge is 0.251 e. The molecule has 2 aromatic carbocycles. The molecule has 0 amide bonds. The number of carbonyl (C=O) groups is 1. The van der Waals surface area contributed by atoms with Crippen molar-refractivity contribution >= 4 is 23.2 Å². The van der Waals surface area contributed by atoms with Crippen molar-refractivity contribution in [3.8, 4) is 0 Å². The number of thioether (sulfide) groups is 1. The standard InChI is InChI=1S/C22H20FN3O2S/c23-17-9-7-16(8-10-17)20(27)14-29-22-24-18(12-21(28)25-22)13-26-11-3-5-15-4-1-2-6-19(15)26/h1-2,4,6-10,12H,3,5,11,13-14H2,(H,24,25,28). The van der Waals surface area contributed by atoms with Crippen LogP contribution in [0, 0.1) is 5.82 Å². The van der Waals surface area contributed by atoms with Crippen molar-refractivity contribution in [1.29, 1.82) is 0 Å². The minimum atomic E-state index is -0.382. The molecule has 1 aromatic heterocycles. The molecule has 0 bridgehead atoms. The molecular weight excluding hydrogens is 389 g/mol. The highest BCUT2D eigenvalue weighted by molar-refractivity contribution is 7.99. The number of nitrogens with zero attached hydrogens (tertiary/aromatic N) is 2. The number of aromatic amines is 1. The van der Waals surface area contributed by atoms with Crippen molar-refractivity contribution in [2.24, 2.45) is 0 Å². The molecule has 2 heterocycles. The summed E-state index contributed by atoms with van der Waals surface area (Å²) >= 11 is 1.18. The van der Waals surface area contributed by atoms with Crippen LogP contribution in [0.25, 0.3) is 0 Å². The van der Waals surface area contributed by atoms with E-state index in [9.17, 15) is 14.0 Å². The molecule has 29 heavy (non-hydrogen) atoms. The normalized spacial score (nSPS) is 13.2. The third-order valence-electron chi connectivity index (χ3n) is 4.84. The van der Waals surface area contributed by atoms with Gasteiger partial charge in [-0.2, -0.15) is 0 Å². The summed E-state index contributed by atoms with van der Waals surface area (Å²) in [6.45, 7) is 1.46. The SMILES string of the molecule is O=C(CSc1nc(CN2CCCc3ccccc32)cc(=O)[nH]1)c1ccc(F)cc1. The molecule has 0 saturated carbocycles. The van der Waals surface area contributed by atoms with E-state index in [1.54, 1.807) is 0 Å². The second-order valence-electron chi connectivity index (χ2n) is 6.91. The minimum Gasteiger partial charge on any atom is -0.365 e. The van der Waals surface area contributed by atoms with E-state index in [4.69, 9.17) is 0 Å². The molecule has 0 saturated heterocycles. The van der Waals surface area contributed by atoms with Crippen LogP contribution in [0.15, 0.2) is 64.5 Å². The summed E-state index contributed by atoms with van der Waals surface area (Å²) in [4.78, 5) is 33.8. The average molecular weight is 409 g/mol. The molecule has 3 aromatic rings. The van der Waals surface area contributed by atoms with Crippen LogP contribution in [-0.4, -0.2) is 28.0 Å². The second-order valence-corrected chi connectivity index (χ2v) is 7.88. The fraction of sp³-hybridized carbons (Fsp3) is 0.227. The van der Waals surface area contributed by atoms with Crippen molar-refractivity contribution in [2.45, 2.75) is 24.5 Å². The van der Waals surface area contributed by atoms with Gasteiger partial charge in [0.1, 0.15) is 5.82 Å². The Balaban J connectivity index is 1.46. The summed E-state index contributed by atoms with van der Waals surface area (Å²) in [6, 6.07) is 15.2. The van der Waals surface area contributed by atoms with Gasteiger partial charge in [0.25, 0.3) is 5.56 Å². The highest BCUT2D eigenvalue weighted by Gasteiger charge is 2.17. The Morgan fingerprint density at radius 2 is 1.97 bits per heavy atom. The van der Waals surface area contributed by atoms with Crippen molar-refractivity contribution in [3.05, 3.63) is 87.6 Å². The summed E-state index contributed by atoms with van der Waals surface area (Å²) in [5.74, 6) is -0.412. The zero-order valence-electron chi connectivity index (χ0n) is 15.7. The predicted octanol–water partition coefficient (Wildman–Crippen LogP) is 3.84. The van der Waals surface area contributed by atoms with Crippen molar-refractivity contribution < 1.29 is 9.18 Å². The molecule has 148 valence electrons. The van der Waals surface area contributed by atoms with Crippen LogP contribution in [0.3, 0.4) is 0 Å². The zero-order chi connectivity index (χ0) is 20.2. The number of carbonyl (C=O) groups excluding carboxylic acids is 1. The Morgan fingerprint density at radius 3 is 2.79 bits per heavy atom. The quantitative estimate of drug-likeness (QED) is 0.381. The van der Waals surface area contributed by atoms with E-state index in [0.29, 0.717) is 23.0 Å². The van der Waals surface area contributed by atoms with Gasteiger partial charge in [-0.15, -0.1) is 0 Å². The first-order chi connectivity index (χ1) is 14.1. The number of aryl methyl sites for hydroxylation is 1. The number of hydrogen-bond donors (Lipinski definition) is 1. The first-order valence-corrected chi connectivity index (χ1v) is 10.4. The number of aromatic nitrogens is 2. The van der Waals surface area contributed by atoms with Gasteiger partial charge in [0.2, 0.25) is 0 Å². The van der Waals surface area contributed by atoms with Crippen molar-refractivity contribution in [1.82, 2.24) is 9.97 Å². The van der Waals surface area contributed by atoms with E-state index in [2.05, 4.69) is 27.0 Å². The molecule has 1 N–H and O–H groups in total. The lowest BCUT2D eigenvalue weighted by molar-refractivity contribution is 0.102. The van der Waals surface area contributed by atoms with Gasteiger partial charge < -0.3 is 9.88 Å². The number of H-pyrrole nitrogens is 1. The summed E-state index contributed by atoms with van der Waals surface area (Å²) in [5.41, 5.74) is 3.35. The van der Waals surface area contributed by atoms with Gasteiger partial charge in [0, 0.05) is 23.9 Å². The Labute approximate surface area is 172 Å². The van der Waals surface area contributed by atoms with Crippen LogP contribution in [0.1, 0.15) is 28.0 Å². The fourth-order valence-corrected chi connectivity index (χ4v) is 4.25. The number of fused-ring (bicyclic) bond motifs is 1. The molecular formula is C22H20FN3O2S. The van der Waals surface area contributed by atoms with E-state index in [1.807, 2.05) is 12.1 Å². The van der Waals surface area contributed by atoms with E-state index in [-0.39, 0.29) is 22.9 Å². The van der Waals surface area contributed by atoms with Crippen LogP contribution in [0.2, 0.25) is 0 Å². The van der Waals surface area contributed by atoms with E-state index >= 15 is 0 Å². The largest absolute Gasteiger partial charge is 0.365 e. The lowest BCUT2D eigenvalue weighted by Crippen LogP contribution is -2.29. The summed E-state index contributed by atoms with van der Waals surface area (Å²) < 4.78 is 13.0. The number of nitrogens with one attached hydrogen (secondary N) is 1. The second kappa shape index (κ2) is 8.61. The van der Waals surface area contributed by atoms with Crippen molar-refractivity contribution in [3.63, 3.8) is 0 Å². The summed E-state index contributed by atoms with van der Waals surface area (Å²) in [6.07, 6.45) is 2.12. The molecule has 5 nitrogen and oxygen atoms in total. The van der Waals surface area contributed by atoms with Gasteiger partial charge in [-0.3, -0.25) is 9.59 Å². The number of halogens is 1. The topological polar surface area (TPSA) is 66.1 Å². The van der Waals surface area contributed by atoms with E-state index < -0.39 is 0 Å². The van der Waals surface area contributed by atoms with E-state index in [0.717, 1.165) is 19.4 Å². The number of Topliss-reactive ketones (excluding diaryl/α,β-unsaturated/α-hetero) is 1. The summed E-state index contributed by atoms with van der Waals surface area (Å²) in [5, 5.41) is 0.410. The van der Waals surface area contributed by atoms with E-state index in [1.165, 1.54) is 53.3 Å². The molecule has 1 aliphatic heterocycles. The minimum absolute atomic E-state index is 0.116. The predicted molar refractivity (Wildman–Crippen MR) is 112 cm³/mol. The molecule has 0 aliphatic carbocycles.